The maximum atomic E-state index is 13.1. The van der Waals surface area contributed by atoms with Crippen molar-refractivity contribution in [1.29, 1.82) is 0 Å². The molecule has 3 heterocycles. The van der Waals surface area contributed by atoms with Gasteiger partial charge < -0.3 is 15.1 Å². The van der Waals surface area contributed by atoms with Crippen LogP contribution in [-0.4, -0.2) is 60.4 Å². The van der Waals surface area contributed by atoms with Crippen molar-refractivity contribution in [1.82, 2.24) is 15.1 Å². The molecular weight excluding hydrogens is 334 g/mol. The van der Waals surface area contributed by atoms with Crippen molar-refractivity contribution in [3.8, 4) is 0 Å². The van der Waals surface area contributed by atoms with Crippen LogP contribution >= 0.6 is 11.3 Å². The Morgan fingerprint density at radius 3 is 2.56 bits per heavy atom. The highest BCUT2D eigenvalue weighted by Gasteiger charge is 2.43. The van der Waals surface area contributed by atoms with Gasteiger partial charge in [0.05, 0.1) is 4.88 Å². The van der Waals surface area contributed by atoms with Gasteiger partial charge in [-0.3, -0.25) is 9.59 Å². The third kappa shape index (κ3) is 4.06. The molecule has 6 heteroatoms. The number of nitrogens with one attached hydrogen (secondary N) is 1. The van der Waals surface area contributed by atoms with Gasteiger partial charge in [-0.15, -0.1) is 11.3 Å². The normalized spacial score (nSPS) is 25.2. The van der Waals surface area contributed by atoms with E-state index < -0.39 is 5.54 Å². The topological polar surface area (TPSA) is 52.6 Å². The lowest BCUT2D eigenvalue weighted by molar-refractivity contribution is -0.141. The van der Waals surface area contributed by atoms with Crippen molar-refractivity contribution < 1.29 is 9.59 Å². The van der Waals surface area contributed by atoms with E-state index in [0.717, 1.165) is 32.6 Å². The molecule has 2 amide bonds. The minimum Gasteiger partial charge on any atom is -0.340 e. The summed E-state index contributed by atoms with van der Waals surface area (Å²) in [4.78, 5) is 30.5. The van der Waals surface area contributed by atoms with E-state index in [-0.39, 0.29) is 17.2 Å². The molecule has 138 valence electrons. The van der Waals surface area contributed by atoms with Gasteiger partial charge in [0, 0.05) is 25.0 Å². The first-order chi connectivity index (χ1) is 11.8. The third-order valence-electron chi connectivity index (χ3n) is 5.51. The molecule has 3 rings (SSSR count). The molecule has 1 spiro atoms. The maximum absolute atomic E-state index is 13.1. The maximum Gasteiger partial charge on any atom is 0.262 e. The van der Waals surface area contributed by atoms with Crippen molar-refractivity contribution in [2.75, 3.05) is 33.2 Å². The second-order valence-electron chi connectivity index (χ2n) is 8.23. The molecule has 2 fully saturated rings. The number of carbonyl (C=O) groups is 2. The van der Waals surface area contributed by atoms with Gasteiger partial charge >= 0.3 is 0 Å². The molecule has 0 aliphatic carbocycles. The Morgan fingerprint density at radius 2 is 1.92 bits per heavy atom. The molecule has 2 saturated heterocycles. The Bertz CT molecular complexity index is 625. The Hall–Kier alpha value is -1.40. The van der Waals surface area contributed by atoms with E-state index in [9.17, 15) is 9.59 Å². The number of hydrogen-bond acceptors (Lipinski definition) is 4. The van der Waals surface area contributed by atoms with E-state index in [1.54, 1.807) is 6.07 Å². The molecule has 0 radical (unpaired) electrons. The number of carbonyl (C=O) groups excluding carboxylic acids is 2. The highest BCUT2D eigenvalue weighted by Crippen LogP contribution is 2.38. The molecule has 1 unspecified atom stereocenters. The molecule has 1 aromatic rings. The average molecular weight is 364 g/mol. The number of thiophene rings is 1. The highest BCUT2D eigenvalue weighted by molar-refractivity contribution is 7.12. The van der Waals surface area contributed by atoms with Gasteiger partial charge in [0.2, 0.25) is 5.91 Å². The zero-order valence-corrected chi connectivity index (χ0v) is 16.3. The van der Waals surface area contributed by atoms with Crippen LogP contribution in [0.5, 0.6) is 0 Å². The smallest absolute Gasteiger partial charge is 0.262 e. The van der Waals surface area contributed by atoms with E-state index in [1.807, 2.05) is 30.2 Å². The molecule has 0 saturated carbocycles. The highest BCUT2D eigenvalue weighted by atomic mass is 32.1. The molecule has 2 aliphatic rings. The van der Waals surface area contributed by atoms with Gasteiger partial charge in [0.1, 0.15) is 5.54 Å². The monoisotopic (exact) mass is 363 g/mol. The summed E-state index contributed by atoms with van der Waals surface area (Å²) in [6, 6.07) is 3.64. The summed E-state index contributed by atoms with van der Waals surface area (Å²) in [7, 11) is 2.17. The lowest BCUT2D eigenvalue weighted by Gasteiger charge is -2.49. The minimum absolute atomic E-state index is 0.0321. The SMILES string of the molecule is CN1CCCC2(CCCN(C(=O)C(C)(C)NC(=O)c3cccs3)C2)C1. The summed E-state index contributed by atoms with van der Waals surface area (Å²) in [5.41, 5.74) is -0.658. The number of nitrogens with zero attached hydrogens (tertiary/aromatic N) is 2. The predicted molar refractivity (Wildman–Crippen MR) is 101 cm³/mol. The summed E-state index contributed by atoms with van der Waals surface area (Å²) in [6.45, 7) is 7.46. The second kappa shape index (κ2) is 7.08. The summed E-state index contributed by atoms with van der Waals surface area (Å²) >= 11 is 1.39. The summed E-state index contributed by atoms with van der Waals surface area (Å²) in [5.74, 6) is -0.137. The molecule has 25 heavy (non-hydrogen) atoms. The van der Waals surface area contributed by atoms with Crippen LogP contribution in [0.3, 0.4) is 0 Å². The van der Waals surface area contributed by atoms with Crippen LogP contribution < -0.4 is 5.32 Å². The van der Waals surface area contributed by atoms with E-state index in [0.29, 0.717) is 4.88 Å². The van der Waals surface area contributed by atoms with Crippen molar-refractivity contribution in [3.05, 3.63) is 22.4 Å². The largest absolute Gasteiger partial charge is 0.340 e. The van der Waals surface area contributed by atoms with Crippen LogP contribution in [-0.2, 0) is 4.79 Å². The summed E-state index contributed by atoms with van der Waals surface area (Å²) in [5, 5.41) is 4.80. The Morgan fingerprint density at radius 1 is 1.20 bits per heavy atom. The van der Waals surface area contributed by atoms with Gasteiger partial charge in [0.25, 0.3) is 5.91 Å². The lowest BCUT2D eigenvalue weighted by Crippen LogP contribution is -2.60. The van der Waals surface area contributed by atoms with Crippen LogP contribution in [0, 0.1) is 5.41 Å². The van der Waals surface area contributed by atoms with Gasteiger partial charge in [-0.05, 0) is 64.6 Å². The Kier molecular flexibility index (Phi) is 5.21. The molecule has 1 N–H and O–H groups in total. The molecular formula is C19H29N3O2S. The fourth-order valence-corrected chi connectivity index (χ4v) is 4.99. The first-order valence-electron chi connectivity index (χ1n) is 9.15. The van der Waals surface area contributed by atoms with Gasteiger partial charge in [-0.2, -0.15) is 0 Å². The Labute approximate surface area is 154 Å². The van der Waals surface area contributed by atoms with Gasteiger partial charge in [-0.1, -0.05) is 6.07 Å². The van der Waals surface area contributed by atoms with E-state index in [2.05, 4.69) is 17.3 Å². The predicted octanol–water partition coefficient (Wildman–Crippen LogP) is 2.59. The van der Waals surface area contributed by atoms with Gasteiger partial charge in [0.15, 0.2) is 0 Å². The molecule has 1 aromatic heterocycles. The van der Waals surface area contributed by atoms with E-state index in [1.165, 1.54) is 30.6 Å². The first-order valence-corrected chi connectivity index (χ1v) is 10.0. The molecule has 1 atom stereocenters. The van der Waals surface area contributed by atoms with Crippen molar-refractivity contribution in [2.24, 2.45) is 5.41 Å². The average Bonchev–Trinajstić information content (AvgIpc) is 3.08. The van der Waals surface area contributed by atoms with Crippen molar-refractivity contribution in [3.63, 3.8) is 0 Å². The van der Waals surface area contributed by atoms with Crippen LogP contribution in [0.25, 0.3) is 0 Å². The Balaban J connectivity index is 1.67. The van der Waals surface area contributed by atoms with E-state index in [4.69, 9.17) is 0 Å². The molecule has 5 nitrogen and oxygen atoms in total. The number of rotatable bonds is 3. The zero-order chi connectivity index (χ0) is 18.1. The first kappa shape index (κ1) is 18.4. The second-order valence-corrected chi connectivity index (χ2v) is 9.18. The summed E-state index contributed by atoms with van der Waals surface area (Å²) < 4.78 is 0. The van der Waals surface area contributed by atoms with Crippen molar-refractivity contribution in [2.45, 2.75) is 45.1 Å². The standard InChI is InChI=1S/C19H29N3O2S/c1-18(2,20-16(23)15-7-4-12-25-15)17(24)22-11-6-9-19(14-22)8-5-10-21(3)13-19/h4,7,12H,5-6,8-11,13-14H2,1-3H3,(H,20,23). The quantitative estimate of drug-likeness (QED) is 0.898. The fraction of sp³-hybridized carbons (Fsp3) is 0.684. The van der Waals surface area contributed by atoms with Gasteiger partial charge in [-0.25, -0.2) is 0 Å². The van der Waals surface area contributed by atoms with E-state index >= 15 is 0 Å². The number of piperidine rings is 2. The lowest BCUT2D eigenvalue weighted by atomic mass is 9.73. The number of amides is 2. The number of hydrogen-bond donors (Lipinski definition) is 1. The third-order valence-corrected chi connectivity index (χ3v) is 6.38. The molecule has 2 aliphatic heterocycles. The van der Waals surface area contributed by atoms with Crippen LogP contribution in [0.1, 0.15) is 49.2 Å². The molecule has 0 bridgehead atoms. The van der Waals surface area contributed by atoms with Crippen LogP contribution in [0.4, 0.5) is 0 Å². The van der Waals surface area contributed by atoms with Crippen LogP contribution in [0.2, 0.25) is 0 Å². The van der Waals surface area contributed by atoms with Crippen molar-refractivity contribution >= 4 is 23.2 Å². The minimum atomic E-state index is -0.889. The molecule has 0 aromatic carbocycles. The zero-order valence-electron chi connectivity index (χ0n) is 15.5. The summed E-state index contributed by atoms with van der Waals surface area (Å²) in [6.07, 6.45) is 4.65. The number of likely N-dealkylation sites (tertiary alicyclic amines) is 2. The van der Waals surface area contributed by atoms with Crippen LogP contribution in [0.15, 0.2) is 17.5 Å². The fourth-order valence-electron chi connectivity index (χ4n) is 4.37.